The molecule has 0 bridgehead atoms. The molecule has 1 amide bonds. The van der Waals surface area contributed by atoms with Crippen molar-refractivity contribution in [1.82, 2.24) is 30.4 Å². The molecule has 4 heterocycles. The van der Waals surface area contributed by atoms with E-state index in [1.807, 2.05) is 48.5 Å². The highest BCUT2D eigenvalue weighted by Crippen LogP contribution is 2.41. The summed E-state index contributed by atoms with van der Waals surface area (Å²) in [6.07, 6.45) is 8.10. The number of nitrogens with zero attached hydrogens (tertiary/aromatic N) is 6. The number of carbonyl (C=O) groups is 2. The van der Waals surface area contributed by atoms with Gasteiger partial charge in [-0.1, -0.05) is 23.5 Å². The van der Waals surface area contributed by atoms with Crippen LogP contribution in [0.1, 0.15) is 53.0 Å². The Morgan fingerprint density at radius 3 is 2.19 bits per heavy atom. The number of hydrogen-bond donors (Lipinski definition) is 1. The highest BCUT2D eigenvalue weighted by molar-refractivity contribution is 7.15. The van der Waals surface area contributed by atoms with Crippen molar-refractivity contribution in [1.29, 1.82) is 0 Å². The molecule has 1 aliphatic carbocycles. The van der Waals surface area contributed by atoms with Crippen molar-refractivity contribution in [3.8, 4) is 0 Å². The van der Waals surface area contributed by atoms with E-state index in [0.29, 0.717) is 29.1 Å². The molecule has 37 heavy (non-hydrogen) atoms. The van der Waals surface area contributed by atoms with Gasteiger partial charge < -0.3 is 5.32 Å². The first-order chi connectivity index (χ1) is 18.1. The summed E-state index contributed by atoms with van der Waals surface area (Å²) in [5.74, 6) is 0.748. The number of ketones is 1. The second-order valence-corrected chi connectivity index (χ2v) is 10.3. The van der Waals surface area contributed by atoms with Crippen LogP contribution in [0.2, 0.25) is 0 Å². The maximum atomic E-state index is 12.3. The Morgan fingerprint density at radius 2 is 1.49 bits per heavy atom. The van der Waals surface area contributed by atoms with E-state index in [2.05, 4.69) is 35.7 Å². The second kappa shape index (κ2) is 11.9. The third kappa shape index (κ3) is 7.07. The molecule has 4 aromatic rings. The minimum absolute atomic E-state index is 0.0729. The molecule has 188 valence electrons. The topological polar surface area (TPSA) is 124 Å². The third-order valence-corrected chi connectivity index (χ3v) is 7.40. The van der Waals surface area contributed by atoms with Gasteiger partial charge in [-0.2, -0.15) is 10.2 Å². The van der Waals surface area contributed by atoms with Gasteiger partial charge in [-0.15, -0.1) is 10.2 Å². The summed E-state index contributed by atoms with van der Waals surface area (Å²) in [4.78, 5) is 33.0. The van der Waals surface area contributed by atoms with Crippen LogP contribution in [0.25, 0.3) is 0 Å². The molecule has 1 N–H and O–H groups in total. The second-order valence-electron chi connectivity index (χ2n) is 9.30. The highest BCUT2D eigenvalue weighted by Gasteiger charge is 2.29. The summed E-state index contributed by atoms with van der Waals surface area (Å²) < 4.78 is 0. The number of nitrogens with one attached hydrogen (secondary N) is 1. The maximum absolute atomic E-state index is 12.3. The first kappa shape index (κ1) is 24.8. The third-order valence-electron chi connectivity index (χ3n) is 6.40. The molecule has 0 spiro atoms. The van der Waals surface area contributed by atoms with E-state index in [4.69, 9.17) is 0 Å². The van der Waals surface area contributed by atoms with E-state index in [1.165, 1.54) is 11.3 Å². The van der Waals surface area contributed by atoms with Crippen LogP contribution in [0, 0.1) is 5.92 Å². The molecular formula is C27H27N7O2S. The van der Waals surface area contributed by atoms with Gasteiger partial charge in [-0.3, -0.25) is 19.6 Å². The number of anilines is 1. The van der Waals surface area contributed by atoms with Gasteiger partial charge in [-0.25, -0.2) is 0 Å². The SMILES string of the molecule is O=C(Cc1ccccn1)Cc1ccc(C[C@@H]2CC[C@H](c3nnc(NC(=O)Cc4ccccn4)s3)C2)nn1. The Bertz CT molecular complexity index is 1330. The van der Waals surface area contributed by atoms with Gasteiger partial charge in [-0.05, 0) is 68.0 Å². The van der Waals surface area contributed by atoms with Gasteiger partial charge in [0.15, 0.2) is 0 Å². The Morgan fingerprint density at radius 1 is 0.784 bits per heavy atom. The minimum Gasteiger partial charge on any atom is -0.300 e. The normalized spacial score (nSPS) is 17.0. The standard InChI is InChI=1S/C27H27N7O2S/c35-24(15-20-5-1-3-11-28-20)16-23-10-9-22(31-32-23)14-18-7-8-19(13-18)26-33-34-27(37-26)30-25(36)17-21-6-2-4-12-29-21/h1-6,9-12,18-19H,7-8,13-17H2,(H,30,34,36)/t18-,19+/m1/s1. The number of Topliss-reactive ketones (excluding diaryl/α,β-unsaturated/α-hetero) is 1. The Balaban J connectivity index is 1.08. The van der Waals surface area contributed by atoms with Crippen molar-refractivity contribution >= 4 is 28.2 Å². The molecule has 9 nitrogen and oxygen atoms in total. The zero-order chi connectivity index (χ0) is 25.5. The molecule has 5 rings (SSSR count). The summed E-state index contributed by atoms with van der Waals surface area (Å²) in [7, 11) is 0. The first-order valence-electron chi connectivity index (χ1n) is 12.4. The van der Waals surface area contributed by atoms with Crippen molar-refractivity contribution in [2.45, 2.75) is 50.9 Å². The lowest BCUT2D eigenvalue weighted by Crippen LogP contribution is -2.14. The van der Waals surface area contributed by atoms with Crippen molar-refractivity contribution in [3.63, 3.8) is 0 Å². The fraction of sp³-hybridized carbons (Fsp3) is 0.333. The fourth-order valence-electron chi connectivity index (χ4n) is 4.62. The number of aromatic nitrogens is 6. The fourth-order valence-corrected chi connectivity index (χ4v) is 5.53. The van der Waals surface area contributed by atoms with Crippen LogP contribution < -0.4 is 5.32 Å². The number of pyridine rings is 2. The van der Waals surface area contributed by atoms with Gasteiger partial charge in [0.05, 0.1) is 24.2 Å². The van der Waals surface area contributed by atoms with Crippen LogP contribution in [0.15, 0.2) is 60.9 Å². The molecule has 1 aliphatic rings. The average molecular weight is 514 g/mol. The van der Waals surface area contributed by atoms with Crippen molar-refractivity contribution in [3.05, 3.63) is 88.7 Å². The van der Waals surface area contributed by atoms with Crippen molar-refractivity contribution in [2.24, 2.45) is 5.92 Å². The van der Waals surface area contributed by atoms with Crippen LogP contribution in [0.5, 0.6) is 0 Å². The molecule has 1 fully saturated rings. The molecule has 0 saturated heterocycles. The molecule has 1 saturated carbocycles. The Labute approximate surface area is 218 Å². The number of amides is 1. The number of carbonyl (C=O) groups excluding carboxylic acids is 2. The van der Waals surface area contributed by atoms with Crippen LogP contribution in [0.4, 0.5) is 5.13 Å². The molecule has 2 atom stereocenters. The zero-order valence-corrected chi connectivity index (χ0v) is 21.1. The van der Waals surface area contributed by atoms with E-state index < -0.39 is 0 Å². The van der Waals surface area contributed by atoms with E-state index in [9.17, 15) is 9.59 Å². The molecule has 0 unspecified atom stereocenters. The van der Waals surface area contributed by atoms with Crippen LogP contribution in [0.3, 0.4) is 0 Å². The predicted octanol–water partition coefficient (Wildman–Crippen LogP) is 3.78. The predicted molar refractivity (Wildman–Crippen MR) is 139 cm³/mol. The van der Waals surface area contributed by atoms with Gasteiger partial charge in [0.2, 0.25) is 11.0 Å². The first-order valence-corrected chi connectivity index (χ1v) is 13.2. The maximum Gasteiger partial charge on any atom is 0.232 e. The van der Waals surface area contributed by atoms with Crippen molar-refractivity contribution < 1.29 is 9.59 Å². The molecule has 0 radical (unpaired) electrons. The Hall–Kier alpha value is -3.92. The van der Waals surface area contributed by atoms with Gasteiger partial charge >= 0.3 is 0 Å². The summed E-state index contributed by atoms with van der Waals surface area (Å²) >= 11 is 1.45. The molecular weight excluding hydrogens is 486 g/mol. The zero-order valence-electron chi connectivity index (χ0n) is 20.3. The highest BCUT2D eigenvalue weighted by atomic mass is 32.1. The number of hydrogen-bond acceptors (Lipinski definition) is 9. The van der Waals surface area contributed by atoms with E-state index in [-0.39, 0.29) is 24.5 Å². The number of rotatable bonds is 10. The lowest BCUT2D eigenvalue weighted by molar-refractivity contribution is -0.118. The largest absolute Gasteiger partial charge is 0.300 e. The van der Waals surface area contributed by atoms with E-state index in [0.717, 1.165) is 47.8 Å². The molecule has 0 aromatic carbocycles. The summed E-state index contributed by atoms with van der Waals surface area (Å²) in [6, 6.07) is 14.9. The van der Waals surface area contributed by atoms with Crippen LogP contribution in [-0.4, -0.2) is 42.1 Å². The van der Waals surface area contributed by atoms with E-state index >= 15 is 0 Å². The average Bonchev–Trinajstić information content (AvgIpc) is 3.56. The summed E-state index contributed by atoms with van der Waals surface area (Å²) in [5.41, 5.74) is 3.10. The minimum atomic E-state index is -0.147. The van der Waals surface area contributed by atoms with Crippen LogP contribution in [-0.2, 0) is 35.3 Å². The molecule has 0 aliphatic heterocycles. The summed E-state index contributed by atoms with van der Waals surface area (Å²) in [5, 5.41) is 21.5. The molecule has 4 aromatic heterocycles. The summed E-state index contributed by atoms with van der Waals surface area (Å²) in [6.45, 7) is 0. The monoisotopic (exact) mass is 513 g/mol. The quantitative estimate of drug-likeness (QED) is 0.340. The van der Waals surface area contributed by atoms with Gasteiger partial charge in [0, 0.05) is 36.1 Å². The van der Waals surface area contributed by atoms with Crippen LogP contribution >= 0.6 is 11.3 Å². The van der Waals surface area contributed by atoms with Gasteiger partial charge in [0.25, 0.3) is 0 Å². The lowest BCUT2D eigenvalue weighted by atomic mass is 9.99. The smallest absolute Gasteiger partial charge is 0.232 e. The molecule has 10 heteroatoms. The van der Waals surface area contributed by atoms with Crippen molar-refractivity contribution in [2.75, 3.05) is 5.32 Å². The van der Waals surface area contributed by atoms with Gasteiger partial charge in [0.1, 0.15) is 10.8 Å². The Kier molecular flexibility index (Phi) is 7.95. The lowest BCUT2D eigenvalue weighted by Gasteiger charge is -2.09. The van der Waals surface area contributed by atoms with E-state index in [1.54, 1.807) is 12.4 Å².